The molecule has 0 radical (unpaired) electrons. The third-order valence-corrected chi connectivity index (χ3v) is 5.66. The normalized spacial score (nSPS) is 22.6. The molecule has 1 amide bonds. The standard InChI is InChI=1S/C18H18N2O4S/c21-17(13-10-25-16(19-13)14-6-3-9-24-14)20-8-7-11-4-1-2-5-12(11)15(20)18(22)23/h1-2,4-5,10,14-15H,3,6-9H2,(H,22,23). The van der Waals surface area contributed by atoms with Crippen molar-refractivity contribution in [3.8, 4) is 0 Å². The Morgan fingerprint density at radius 1 is 1.32 bits per heavy atom. The number of rotatable bonds is 3. The quantitative estimate of drug-likeness (QED) is 0.913. The first kappa shape index (κ1) is 16.2. The lowest BCUT2D eigenvalue weighted by Crippen LogP contribution is -2.43. The topological polar surface area (TPSA) is 79.7 Å². The molecule has 1 aromatic carbocycles. The first-order valence-electron chi connectivity index (χ1n) is 8.34. The van der Waals surface area contributed by atoms with Gasteiger partial charge in [-0.15, -0.1) is 11.3 Å². The van der Waals surface area contributed by atoms with E-state index in [4.69, 9.17) is 4.74 Å². The predicted molar refractivity (Wildman–Crippen MR) is 91.6 cm³/mol. The summed E-state index contributed by atoms with van der Waals surface area (Å²) < 4.78 is 5.61. The third kappa shape index (κ3) is 2.94. The van der Waals surface area contributed by atoms with Gasteiger partial charge in [-0.05, 0) is 30.4 Å². The Bertz CT molecular complexity index is 813. The summed E-state index contributed by atoms with van der Waals surface area (Å²) in [7, 11) is 0. The van der Waals surface area contributed by atoms with Crippen molar-refractivity contribution in [2.45, 2.75) is 31.4 Å². The summed E-state index contributed by atoms with van der Waals surface area (Å²) in [6.45, 7) is 1.09. The minimum atomic E-state index is -1.02. The number of benzene rings is 1. The van der Waals surface area contributed by atoms with Crippen molar-refractivity contribution in [2.24, 2.45) is 0 Å². The van der Waals surface area contributed by atoms with Crippen molar-refractivity contribution in [1.29, 1.82) is 0 Å². The summed E-state index contributed by atoms with van der Waals surface area (Å²) in [4.78, 5) is 30.6. The summed E-state index contributed by atoms with van der Waals surface area (Å²) in [5.74, 6) is -1.35. The lowest BCUT2D eigenvalue weighted by molar-refractivity contribution is -0.143. The van der Waals surface area contributed by atoms with Crippen LogP contribution in [0.15, 0.2) is 29.6 Å². The lowest BCUT2D eigenvalue weighted by Gasteiger charge is -2.34. The van der Waals surface area contributed by atoms with Crippen molar-refractivity contribution in [1.82, 2.24) is 9.88 Å². The van der Waals surface area contributed by atoms with Gasteiger partial charge in [-0.3, -0.25) is 4.79 Å². The number of nitrogens with zero attached hydrogens (tertiary/aromatic N) is 2. The Labute approximate surface area is 149 Å². The molecule has 0 spiro atoms. The van der Waals surface area contributed by atoms with E-state index in [1.165, 1.54) is 16.2 Å². The molecule has 25 heavy (non-hydrogen) atoms. The van der Waals surface area contributed by atoms with Crippen LogP contribution in [0.3, 0.4) is 0 Å². The second kappa shape index (κ2) is 6.57. The van der Waals surface area contributed by atoms with Gasteiger partial charge in [0.2, 0.25) is 0 Å². The van der Waals surface area contributed by atoms with Crippen LogP contribution in [0.4, 0.5) is 0 Å². The molecule has 3 heterocycles. The maximum Gasteiger partial charge on any atom is 0.331 e. The fourth-order valence-corrected chi connectivity index (χ4v) is 4.38. The van der Waals surface area contributed by atoms with Crippen LogP contribution in [0.5, 0.6) is 0 Å². The minimum absolute atomic E-state index is 0.0381. The number of hydrogen-bond donors (Lipinski definition) is 1. The van der Waals surface area contributed by atoms with Crippen LogP contribution >= 0.6 is 11.3 Å². The molecule has 2 atom stereocenters. The average Bonchev–Trinajstić information content (AvgIpc) is 3.31. The molecule has 2 aliphatic heterocycles. The Morgan fingerprint density at radius 2 is 2.16 bits per heavy atom. The van der Waals surface area contributed by atoms with E-state index in [1.54, 1.807) is 17.5 Å². The molecular weight excluding hydrogens is 340 g/mol. The maximum absolute atomic E-state index is 12.9. The molecule has 2 aromatic rings. The van der Waals surface area contributed by atoms with Crippen LogP contribution in [0.25, 0.3) is 0 Å². The van der Waals surface area contributed by atoms with Gasteiger partial charge in [0.05, 0.1) is 0 Å². The molecule has 1 N–H and O–H groups in total. The van der Waals surface area contributed by atoms with E-state index in [0.717, 1.165) is 30.0 Å². The van der Waals surface area contributed by atoms with E-state index in [-0.39, 0.29) is 12.0 Å². The molecule has 7 heteroatoms. The predicted octanol–water partition coefficient (Wildman–Crippen LogP) is 2.82. The van der Waals surface area contributed by atoms with Crippen LogP contribution in [0, 0.1) is 0 Å². The second-order valence-corrected chi connectivity index (χ2v) is 7.15. The van der Waals surface area contributed by atoms with E-state index >= 15 is 0 Å². The fraction of sp³-hybridized carbons (Fsp3) is 0.389. The Morgan fingerprint density at radius 3 is 2.92 bits per heavy atom. The number of hydrogen-bond acceptors (Lipinski definition) is 5. The zero-order valence-electron chi connectivity index (χ0n) is 13.6. The summed E-state index contributed by atoms with van der Waals surface area (Å²) in [5.41, 5.74) is 1.97. The first-order valence-corrected chi connectivity index (χ1v) is 9.21. The number of thiazole rings is 1. The van der Waals surface area contributed by atoms with E-state index in [9.17, 15) is 14.7 Å². The van der Waals surface area contributed by atoms with Crippen LogP contribution in [0.2, 0.25) is 0 Å². The van der Waals surface area contributed by atoms with Gasteiger partial charge in [-0.25, -0.2) is 9.78 Å². The summed E-state index contributed by atoms with van der Waals surface area (Å²) in [6, 6.07) is 6.44. The van der Waals surface area contributed by atoms with Gasteiger partial charge in [0.1, 0.15) is 16.8 Å². The molecule has 0 bridgehead atoms. The van der Waals surface area contributed by atoms with Crippen LogP contribution in [0.1, 0.15) is 51.6 Å². The number of carbonyl (C=O) groups excluding carboxylic acids is 1. The zero-order valence-corrected chi connectivity index (χ0v) is 14.4. The van der Waals surface area contributed by atoms with E-state index in [1.807, 2.05) is 12.1 Å². The number of fused-ring (bicyclic) bond motifs is 1. The number of carboxylic acid groups (broad SMARTS) is 1. The number of carboxylic acids is 1. The lowest BCUT2D eigenvalue weighted by atomic mass is 9.92. The molecule has 6 nitrogen and oxygen atoms in total. The largest absolute Gasteiger partial charge is 0.479 e. The zero-order chi connectivity index (χ0) is 17.4. The smallest absolute Gasteiger partial charge is 0.331 e. The highest BCUT2D eigenvalue weighted by atomic mass is 32.1. The Kier molecular flexibility index (Phi) is 4.27. The SMILES string of the molecule is O=C(O)C1c2ccccc2CCN1C(=O)c1csc(C2CCCO2)n1. The van der Waals surface area contributed by atoms with Crippen molar-refractivity contribution < 1.29 is 19.4 Å². The number of amides is 1. The van der Waals surface area contributed by atoms with E-state index in [2.05, 4.69) is 4.98 Å². The Balaban J connectivity index is 1.62. The second-order valence-electron chi connectivity index (χ2n) is 6.26. The maximum atomic E-state index is 12.9. The molecule has 1 aromatic heterocycles. The summed E-state index contributed by atoms with van der Waals surface area (Å²) >= 11 is 1.40. The molecular formula is C18H18N2O4S. The van der Waals surface area contributed by atoms with Gasteiger partial charge in [0.15, 0.2) is 6.04 Å². The van der Waals surface area contributed by atoms with Crippen molar-refractivity contribution in [3.63, 3.8) is 0 Å². The number of ether oxygens (including phenoxy) is 1. The van der Waals surface area contributed by atoms with Crippen molar-refractivity contribution in [2.75, 3.05) is 13.2 Å². The van der Waals surface area contributed by atoms with Crippen LogP contribution < -0.4 is 0 Å². The molecule has 1 saturated heterocycles. The molecule has 1 fully saturated rings. The summed E-state index contributed by atoms with van der Waals surface area (Å²) in [6.07, 6.45) is 2.52. The molecule has 4 rings (SSSR count). The van der Waals surface area contributed by atoms with Gasteiger partial charge in [0.25, 0.3) is 5.91 Å². The highest BCUT2D eigenvalue weighted by Crippen LogP contribution is 2.33. The monoisotopic (exact) mass is 358 g/mol. The summed E-state index contributed by atoms with van der Waals surface area (Å²) in [5, 5.41) is 12.2. The van der Waals surface area contributed by atoms with E-state index < -0.39 is 12.0 Å². The molecule has 2 aliphatic rings. The molecule has 2 unspecified atom stereocenters. The van der Waals surface area contributed by atoms with Gasteiger partial charge in [-0.2, -0.15) is 0 Å². The number of carbonyl (C=O) groups is 2. The van der Waals surface area contributed by atoms with Crippen LogP contribution in [-0.4, -0.2) is 40.0 Å². The van der Waals surface area contributed by atoms with Gasteiger partial charge in [-0.1, -0.05) is 24.3 Å². The van der Waals surface area contributed by atoms with Crippen molar-refractivity contribution in [3.05, 3.63) is 51.5 Å². The Hall–Kier alpha value is -2.25. The number of aliphatic carboxylic acids is 1. The third-order valence-electron chi connectivity index (χ3n) is 4.72. The highest BCUT2D eigenvalue weighted by molar-refractivity contribution is 7.09. The molecule has 130 valence electrons. The van der Waals surface area contributed by atoms with E-state index in [0.29, 0.717) is 24.2 Å². The van der Waals surface area contributed by atoms with Gasteiger partial charge in [0, 0.05) is 18.5 Å². The minimum Gasteiger partial charge on any atom is -0.479 e. The first-order chi connectivity index (χ1) is 12.1. The molecule has 0 saturated carbocycles. The van der Waals surface area contributed by atoms with Gasteiger partial charge < -0.3 is 14.7 Å². The number of aromatic nitrogens is 1. The van der Waals surface area contributed by atoms with Crippen LogP contribution in [-0.2, 0) is 16.0 Å². The van der Waals surface area contributed by atoms with Crippen molar-refractivity contribution >= 4 is 23.2 Å². The highest BCUT2D eigenvalue weighted by Gasteiger charge is 2.37. The average molecular weight is 358 g/mol. The fourth-order valence-electron chi connectivity index (χ4n) is 3.50. The van der Waals surface area contributed by atoms with Gasteiger partial charge >= 0.3 is 5.97 Å². The molecule has 0 aliphatic carbocycles.